The number of rotatable bonds is 3. The number of pyridine rings is 1. The van der Waals surface area contributed by atoms with Crippen molar-refractivity contribution in [3.8, 4) is 11.1 Å². The molecule has 6 heteroatoms. The lowest BCUT2D eigenvalue weighted by Crippen LogP contribution is -2.43. The highest BCUT2D eigenvalue weighted by Crippen LogP contribution is 2.62. The largest absolute Gasteiger partial charge is 0.382 e. The van der Waals surface area contributed by atoms with Gasteiger partial charge in [-0.15, -0.1) is 0 Å². The van der Waals surface area contributed by atoms with Gasteiger partial charge in [-0.3, -0.25) is 9.98 Å². The van der Waals surface area contributed by atoms with Crippen LogP contribution in [0.15, 0.2) is 46.6 Å². The van der Waals surface area contributed by atoms with Crippen LogP contribution < -0.4 is 5.73 Å². The average Bonchev–Trinajstić information content (AvgIpc) is 3.23. The molecule has 1 saturated carbocycles. The Kier molecular flexibility index (Phi) is 4.71. The fraction of sp³-hybridized carbons (Fsp3) is 0.458. The summed E-state index contributed by atoms with van der Waals surface area (Å²) in [7, 11) is 1.81. The van der Waals surface area contributed by atoms with E-state index < -0.39 is 5.66 Å². The maximum absolute atomic E-state index is 6.38. The van der Waals surface area contributed by atoms with E-state index >= 15 is 0 Å². The van der Waals surface area contributed by atoms with Crippen molar-refractivity contribution in [2.45, 2.75) is 57.2 Å². The highest BCUT2D eigenvalue weighted by Gasteiger charge is 2.60. The molecule has 156 valence electrons. The van der Waals surface area contributed by atoms with E-state index in [0.29, 0.717) is 17.0 Å². The molecular formula is C24H27ClN4O. The van der Waals surface area contributed by atoms with Crippen LogP contribution in [0.1, 0.15) is 50.2 Å². The lowest BCUT2D eigenvalue weighted by atomic mass is 9.65. The first-order valence-electron chi connectivity index (χ1n) is 10.7. The summed E-state index contributed by atoms with van der Waals surface area (Å²) in [5.74, 6) is 0.591. The lowest BCUT2D eigenvalue weighted by Gasteiger charge is -2.44. The molecule has 30 heavy (non-hydrogen) atoms. The summed E-state index contributed by atoms with van der Waals surface area (Å²) < 4.78 is 5.66. The van der Waals surface area contributed by atoms with Crippen LogP contribution in [-0.2, 0) is 16.8 Å². The van der Waals surface area contributed by atoms with Crippen LogP contribution in [0.4, 0.5) is 0 Å². The second kappa shape index (κ2) is 7.17. The zero-order valence-electron chi connectivity index (χ0n) is 17.5. The van der Waals surface area contributed by atoms with Crippen molar-refractivity contribution in [1.29, 1.82) is 0 Å². The number of halogens is 1. The van der Waals surface area contributed by atoms with E-state index in [0.717, 1.165) is 55.4 Å². The summed E-state index contributed by atoms with van der Waals surface area (Å²) >= 11 is 6.20. The van der Waals surface area contributed by atoms with Gasteiger partial charge < -0.3 is 10.5 Å². The van der Waals surface area contributed by atoms with Gasteiger partial charge in [-0.1, -0.05) is 30.7 Å². The van der Waals surface area contributed by atoms with E-state index in [9.17, 15) is 0 Å². The van der Waals surface area contributed by atoms with Crippen LogP contribution in [0.5, 0.6) is 0 Å². The number of amidine groups is 1. The number of nitrogens with two attached hydrogens (primary N) is 1. The molecule has 1 aromatic carbocycles. The Labute approximate surface area is 182 Å². The van der Waals surface area contributed by atoms with Gasteiger partial charge in [0.1, 0.15) is 5.84 Å². The lowest BCUT2D eigenvalue weighted by molar-refractivity contribution is -0.000389. The molecule has 5 nitrogen and oxygen atoms in total. The van der Waals surface area contributed by atoms with Crippen molar-refractivity contribution in [2.24, 2.45) is 21.1 Å². The molecule has 5 rings (SSSR count). The molecule has 1 atom stereocenters. The Morgan fingerprint density at radius 3 is 2.60 bits per heavy atom. The third-order valence-corrected chi connectivity index (χ3v) is 7.43. The van der Waals surface area contributed by atoms with Crippen molar-refractivity contribution in [3.05, 3.63) is 52.8 Å². The number of fused-ring (bicyclic) bond motifs is 3. The van der Waals surface area contributed by atoms with Gasteiger partial charge in [0.2, 0.25) is 0 Å². The van der Waals surface area contributed by atoms with Gasteiger partial charge in [-0.2, -0.15) is 0 Å². The summed E-state index contributed by atoms with van der Waals surface area (Å²) in [4.78, 5) is 14.6. The molecule has 0 unspecified atom stereocenters. The third kappa shape index (κ3) is 2.83. The van der Waals surface area contributed by atoms with Gasteiger partial charge in [0.05, 0.1) is 16.8 Å². The Bertz CT molecular complexity index is 1050. The number of ether oxygens (including phenoxy) is 1. The van der Waals surface area contributed by atoms with Crippen molar-refractivity contribution in [3.63, 3.8) is 0 Å². The summed E-state index contributed by atoms with van der Waals surface area (Å²) in [5.41, 5.74) is 11.2. The number of aliphatic imine (C=N–C) groups is 2. The van der Waals surface area contributed by atoms with E-state index in [2.05, 4.69) is 30.1 Å². The molecule has 2 aromatic rings. The van der Waals surface area contributed by atoms with Crippen LogP contribution in [0, 0.1) is 5.41 Å². The van der Waals surface area contributed by atoms with Crippen LogP contribution in [0.25, 0.3) is 11.1 Å². The Hall–Kier alpha value is -2.24. The Balaban J connectivity index is 1.66. The normalized spacial score (nSPS) is 29.9. The molecule has 1 fully saturated rings. The smallest absolute Gasteiger partial charge is 0.184 e. The standard InChI is InChI=1S/C24H27ClN4O/c1-3-21-22(26)29-24(28-21)20-11-15(17-10-18(25)14-27-13-17)4-5-16(20)12-23(24)8-6-19(30-2)7-9-23/h4-5,10-11,13-14,19H,3,6-9,12H2,1-2H3,(H2,26,29)/t19?,23?,24-/m0/s1. The molecule has 3 aliphatic rings. The van der Waals surface area contributed by atoms with Crippen molar-refractivity contribution < 1.29 is 4.74 Å². The van der Waals surface area contributed by atoms with E-state index in [4.69, 9.17) is 32.1 Å². The van der Waals surface area contributed by atoms with Crippen LogP contribution in [0.3, 0.4) is 0 Å². The molecule has 2 spiro atoms. The fourth-order valence-electron chi connectivity index (χ4n) is 5.62. The zero-order valence-corrected chi connectivity index (χ0v) is 18.2. The maximum Gasteiger partial charge on any atom is 0.184 e. The minimum Gasteiger partial charge on any atom is -0.382 e. The van der Waals surface area contributed by atoms with Gasteiger partial charge in [-0.25, -0.2) is 4.99 Å². The molecule has 0 amide bonds. The number of hydrogen-bond acceptors (Lipinski definition) is 5. The first-order valence-corrected chi connectivity index (χ1v) is 11.1. The van der Waals surface area contributed by atoms with Crippen LogP contribution in [0.2, 0.25) is 5.02 Å². The summed E-state index contributed by atoms with van der Waals surface area (Å²) in [6.45, 7) is 2.10. The molecule has 2 heterocycles. The monoisotopic (exact) mass is 422 g/mol. The average molecular weight is 423 g/mol. The fourth-order valence-corrected chi connectivity index (χ4v) is 5.79. The molecule has 0 radical (unpaired) electrons. The predicted molar refractivity (Wildman–Crippen MR) is 121 cm³/mol. The van der Waals surface area contributed by atoms with Gasteiger partial charge >= 0.3 is 0 Å². The minimum atomic E-state index is -0.627. The first-order chi connectivity index (χ1) is 14.5. The molecule has 1 aliphatic heterocycles. The zero-order chi connectivity index (χ0) is 20.9. The van der Waals surface area contributed by atoms with Gasteiger partial charge in [0.25, 0.3) is 0 Å². The van der Waals surface area contributed by atoms with Crippen molar-refractivity contribution in [1.82, 2.24) is 4.98 Å². The number of methoxy groups -OCH3 is 1. The van der Waals surface area contributed by atoms with Gasteiger partial charge in [-0.05, 0) is 61.8 Å². The molecule has 2 N–H and O–H groups in total. The second-order valence-corrected chi connectivity index (χ2v) is 9.17. The molecule has 0 bridgehead atoms. The van der Waals surface area contributed by atoms with E-state index in [-0.39, 0.29) is 5.41 Å². The molecule has 0 saturated heterocycles. The molecular weight excluding hydrogens is 396 g/mol. The number of aromatic nitrogens is 1. The summed E-state index contributed by atoms with van der Waals surface area (Å²) in [6.07, 6.45) is 9.72. The number of nitrogens with zero attached hydrogens (tertiary/aromatic N) is 3. The minimum absolute atomic E-state index is 0.0445. The highest BCUT2D eigenvalue weighted by molar-refractivity contribution is 6.42. The molecule has 2 aliphatic carbocycles. The predicted octanol–water partition coefficient (Wildman–Crippen LogP) is 4.91. The molecule has 1 aromatic heterocycles. The summed E-state index contributed by atoms with van der Waals surface area (Å²) in [5, 5.41) is 0.631. The first kappa shape index (κ1) is 19.7. The van der Waals surface area contributed by atoms with Crippen molar-refractivity contribution in [2.75, 3.05) is 7.11 Å². The second-order valence-electron chi connectivity index (χ2n) is 8.74. The Morgan fingerprint density at radius 2 is 1.93 bits per heavy atom. The SMILES string of the molecule is CCC1=N[C@]2(N=C1N)c1cc(-c3cncc(Cl)c3)ccc1CC21CCC(OC)CC1. The van der Waals surface area contributed by atoms with E-state index in [1.54, 1.807) is 6.20 Å². The van der Waals surface area contributed by atoms with Crippen LogP contribution >= 0.6 is 11.6 Å². The van der Waals surface area contributed by atoms with E-state index in [1.165, 1.54) is 11.1 Å². The van der Waals surface area contributed by atoms with Crippen molar-refractivity contribution >= 4 is 23.1 Å². The van der Waals surface area contributed by atoms with Crippen LogP contribution in [-0.4, -0.2) is 29.7 Å². The van der Waals surface area contributed by atoms with Gasteiger partial charge in [0, 0.05) is 36.0 Å². The Morgan fingerprint density at radius 1 is 1.13 bits per heavy atom. The quantitative estimate of drug-likeness (QED) is 0.763. The van der Waals surface area contributed by atoms with Gasteiger partial charge in [0.15, 0.2) is 5.66 Å². The topological polar surface area (TPSA) is 72.9 Å². The number of hydrogen-bond donors (Lipinski definition) is 1. The maximum atomic E-state index is 6.38. The summed E-state index contributed by atoms with van der Waals surface area (Å²) in [6, 6.07) is 8.57. The highest BCUT2D eigenvalue weighted by atomic mass is 35.5. The third-order valence-electron chi connectivity index (χ3n) is 7.22. The van der Waals surface area contributed by atoms with E-state index in [1.807, 2.05) is 19.4 Å². The number of benzene rings is 1.